The minimum atomic E-state index is 0.812. The van der Waals surface area contributed by atoms with Crippen LogP contribution in [0.1, 0.15) is 39.5 Å². The fraction of sp³-hybridized carbons (Fsp3) is 1.00. The third kappa shape index (κ3) is 6.93. The lowest BCUT2D eigenvalue weighted by atomic mass is 10.3. The van der Waals surface area contributed by atoms with E-state index in [1.54, 1.807) is 0 Å². The molecule has 2 heteroatoms. The normalized spacial score (nSPS) is 11.0. The second-order valence-corrected chi connectivity index (χ2v) is 3.62. The fourth-order valence-electron chi connectivity index (χ4n) is 1.40. The number of nitrogens with zero attached hydrogens (tertiary/aromatic N) is 1. The van der Waals surface area contributed by atoms with Crippen molar-refractivity contribution < 1.29 is 0 Å². The Morgan fingerprint density at radius 2 is 1.50 bits per heavy atom. The van der Waals surface area contributed by atoms with Crippen molar-refractivity contribution >= 4 is 11.6 Å². The molecule has 0 unspecified atom stereocenters. The summed E-state index contributed by atoms with van der Waals surface area (Å²) < 4.78 is 0. The molecule has 0 aliphatic carbocycles. The molecule has 0 saturated carbocycles. The molecule has 0 fully saturated rings. The van der Waals surface area contributed by atoms with E-state index in [2.05, 4.69) is 18.7 Å². The SMILES string of the molecule is CCCN(CCC)CCCCCl. The van der Waals surface area contributed by atoms with Gasteiger partial charge in [-0.25, -0.2) is 0 Å². The average molecular weight is 192 g/mol. The van der Waals surface area contributed by atoms with Crippen LogP contribution in [0.5, 0.6) is 0 Å². The van der Waals surface area contributed by atoms with Crippen molar-refractivity contribution in [2.24, 2.45) is 0 Å². The van der Waals surface area contributed by atoms with Crippen molar-refractivity contribution in [2.75, 3.05) is 25.5 Å². The van der Waals surface area contributed by atoms with Crippen LogP contribution >= 0.6 is 11.6 Å². The maximum absolute atomic E-state index is 5.62. The summed E-state index contributed by atoms with van der Waals surface area (Å²) in [5.74, 6) is 0.812. The van der Waals surface area contributed by atoms with Crippen LogP contribution in [0.15, 0.2) is 0 Å². The monoisotopic (exact) mass is 191 g/mol. The van der Waals surface area contributed by atoms with Crippen LogP contribution in [0.25, 0.3) is 0 Å². The van der Waals surface area contributed by atoms with Gasteiger partial charge in [0.15, 0.2) is 0 Å². The smallest absolute Gasteiger partial charge is 0.0223 e. The molecule has 0 heterocycles. The molecule has 0 amide bonds. The van der Waals surface area contributed by atoms with Gasteiger partial charge in [0, 0.05) is 5.88 Å². The van der Waals surface area contributed by atoms with Gasteiger partial charge in [-0.3, -0.25) is 0 Å². The molecular weight excluding hydrogens is 170 g/mol. The molecule has 0 aliphatic heterocycles. The second kappa shape index (κ2) is 9.34. The molecule has 0 aromatic rings. The van der Waals surface area contributed by atoms with Crippen LogP contribution in [0, 0.1) is 0 Å². The number of unbranched alkanes of at least 4 members (excludes halogenated alkanes) is 1. The van der Waals surface area contributed by atoms with E-state index in [4.69, 9.17) is 11.6 Å². The highest BCUT2D eigenvalue weighted by Gasteiger charge is 2.00. The Morgan fingerprint density at radius 3 is 1.92 bits per heavy atom. The van der Waals surface area contributed by atoms with E-state index in [0.717, 1.165) is 12.3 Å². The molecular formula is C10H22ClN. The molecule has 0 radical (unpaired) electrons. The van der Waals surface area contributed by atoms with Crippen LogP contribution in [0.2, 0.25) is 0 Å². The summed E-state index contributed by atoms with van der Waals surface area (Å²) in [6.45, 7) is 8.20. The summed E-state index contributed by atoms with van der Waals surface area (Å²) in [7, 11) is 0. The van der Waals surface area contributed by atoms with Gasteiger partial charge in [0.2, 0.25) is 0 Å². The van der Waals surface area contributed by atoms with Gasteiger partial charge in [-0.2, -0.15) is 0 Å². The number of rotatable bonds is 8. The maximum Gasteiger partial charge on any atom is 0.0223 e. The van der Waals surface area contributed by atoms with Crippen molar-refractivity contribution in [1.29, 1.82) is 0 Å². The molecule has 0 spiro atoms. The van der Waals surface area contributed by atoms with Crippen molar-refractivity contribution in [3.05, 3.63) is 0 Å². The average Bonchev–Trinajstić information content (AvgIpc) is 2.06. The Balaban J connectivity index is 3.34. The number of hydrogen-bond donors (Lipinski definition) is 0. The third-order valence-electron chi connectivity index (χ3n) is 1.94. The van der Waals surface area contributed by atoms with E-state index in [1.165, 1.54) is 38.9 Å². The summed E-state index contributed by atoms with van der Waals surface area (Å²) in [4.78, 5) is 2.53. The minimum Gasteiger partial charge on any atom is -0.303 e. The molecule has 0 aromatic heterocycles. The van der Waals surface area contributed by atoms with E-state index in [-0.39, 0.29) is 0 Å². The summed E-state index contributed by atoms with van der Waals surface area (Å²) in [5.41, 5.74) is 0. The predicted octanol–water partition coefficient (Wildman–Crippen LogP) is 3.13. The predicted molar refractivity (Wildman–Crippen MR) is 57.0 cm³/mol. The van der Waals surface area contributed by atoms with Gasteiger partial charge >= 0.3 is 0 Å². The zero-order valence-corrected chi connectivity index (χ0v) is 9.24. The topological polar surface area (TPSA) is 3.24 Å². The highest BCUT2D eigenvalue weighted by atomic mass is 35.5. The molecule has 74 valence electrons. The van der Waals surface area contributed by atoms with E-state index in [0.29, 0.717) is 0 Å². The highest BCUT2D eigenvalue weighted by molar-refractivity contribution is 6.17. The summed E-state index contributed by atoms with van der Waals surface area (Å²) in [6.07, 6.45) is 4.94. The maximum atomic E-state index is 5.62. The Labute approximate surface area is 82.1 Å². The Bertz CT molecular complexity index is 79.9. The highest BCUT2D eigenvalue weighted by Crippen LogP contribution is 1.99. The molecule has 12 heavy (non-hydrogen) atoms. The molecule has 0 atom stereocenters. The standard InChI is InChI=1S/C10H22ClN/c1-3-8-12(9-4-2)10-6-5-7-11/h3-10H2,1-2H3. The van der Waals surface area contributed by atoms with Gasteiger partial charge in [-0.1, -0.05) is 13.8 Å². The summed E-state index contributed by atoms with van der Waals surface area (Å²) in [6, 6.07) is 0. The van der Waals surface area contributed by atoms with E-state index in [1.807, 2.05) is 0 Å². The van der Waals surface area contributed by atoms with Gasteiger partial charge in [-0.15, -0.1) is 11.6 Å². The molecule has 1 nitrogen and oxygen atoms in total. The number of alkyl halides is 1. The first kappa shape index (κ1) is 12.2. The van der Waals surface area contributed by atoms with Crippen molar-refractivity contribution in [3.8, 4) is 0 Å². The van der Waals surface area contributed by atoms with E-state index in [9.17, 15) is 0 Å². The fourth-order valence-corrected chi connectivity index (χ4v) is 1.59. The lowest BCUT2D eigenvalue weighted by molar-refractivity contribution is 0.270. The molecule has 0 aromatic carbocycles. The van der Waals surface area contributed by atoms with Crippen LogP contribution in [0.3, 0.4) is 0 Å². The van der Waals surface area contributed by atoms with Gasteiger partial charge in [-0.05, 0) is 45.3 Å². The molecule has 0 aliphatic rings. The Morgan fingerprint density at radius 1 is 0.917 bits per heavy atom. The van der Waals surface area contributed by atoms with Crippen LogP contribution in [-0.2, 0) is 0 Å². The summed E-state index contributed by atoms with van der Waals surface area (Å²) in [5, 5.41) is 0. The Kier molecular flexibility index (Phi) is 9.53. The largest absolute Gasteiger partial charge is 0.303 e. The molecule has 0 N–H and O–H groups in total. The third-order valence-corrected chi connectivity index (χ3v) is 2.20. The van der Waals surface area contributed by atoms with Crippen molar-refractivity contribution in [2.45, 2.75) is 39.5 Å². The van der Waals surface area contributed by atoms with Gasteiger partial charge in [0.1, 0.15) is 0 Å². The second-order valence-electron chi connectivity index (χ2n) is 3.24. The molecule has 0 rings (SSSR count). The first-order valence-corrected chi connectivity index (χ1v) is 5.66. The van der Waals surface area contributed by atoms with Crippen molar-refractivity contribution in [1.82, 2.24) is 4.90 Å². The quantitative estimate of drug-likeness (QED) is 0.421. The van der Waals surface area contributed by atoms with E-state index < -0.39 is 0 Å². The summed E-state index contributed by atoms with van der Waals surface area (Å²) >= 11 is 5.62. The van der Waals surface area contributed by atoms with Gasteiger partial charge in [0.05, 0.1) is 0 Å². The zero-order valence-electron chi connectivity index (χ0n) is 8.48. The van der Waals surface area contributed by atoms with Crippen LogP contribution in [0.4, 0.5) is 0 Å². The molecule has 0 bridgehead atoms. The first-order valence-electron chi connectivity index (χ1n) is 5.13. The van der Waals surface area contributed by atoms with Crippen LogP contribution < -0.4 is 0 Å². The Hall–Kier alpha value is 0.250. The lowest BCUT2D eigenvalue weighted by Crippen LogP contribution is -2.26. The first-order chi connectivity index (χ1) is 5.85. The lowest BCUT2D eigenvalue weighted by Gasteiger charge is -2.20. The minimum absolute atomic E-state index is 0.812. The van der Waals surface area contributed by atoms with E-state index >= 15 is 0 Å². The molecule has 0 saturated heterocycles. The number of hydrogen-bond acceptors (Lipinski definition) is 1. The van der Waals surface area contributed by atoms with Gasteiger partial charge in [0.25, 0.3) is 0 Å². The van der Waals surface area contributed by atoms with Crippen LogP contribution in [-0.4, -0.2) is 30.4 Å². The zero-order chi connectivity index (χ0) is 9.23. The number of halogens is 1. The van der Waals surface area contributed by atoms with Gasteiger partial charge < -0.3 is 4.90 Å². The van der Waals surface area contributed by atoms with Crippen molar-refractivity contribution in [3.63, 3.8) is 0 Å².